The molecule has 1 saturated carbocycles. The third-order valence-corrected chi connectivity index (χ3v) is 9.82. The van der Waals surface area contributed by atoms with Crippen molar-refractivity contribution < 1.29 is 22.8 Å². The number of benzene rings is 4. The number of amides is 1. The Labute approximate surface area is 286 Å². The van der Waals surface area contributed by atoms with Crippen LogP contribution in [0.25, 0.3) is 11.1 Å². The average molecular weight is 666 g/mol. The van der Waals surface area contributed by atoms with Gasteiger partial charge in [-0.2, -0.15) is 13.2 Å². The van der Waals surface area contributed by atoms with Crippen LogP contribution in [0.2, 0.25) is 0 Å². The first kappa shape index (κ1) is 34.0. The number of likely N-dealkylation sites (N-methyl/N-ethyl adjacent to an activating group) is 1. The lowest BCUT2D eigenvalue weighted by Crippen LogP contribution is -2.40. The lowest BCUT2D eigenvalue weighted by Gasteiger charge is -2.37. The maximum Gasteiger partial charge on any atom is 0.416 e. The molecule has 0 radical (unpaired) electrons. The van der Waals surface area contributed by atoms with E-state index >= 15 is 0 Å². The van der Waals surface area contributed by atoms with Gasteiger partial charge in [0.1, 0.15) is 0 Å². The van der Waals surface area contributed by atoms with Crippen LogP contribution in [-0.2, 0) is 17.4 Å². The smallest absolute Gasteiger partial charge is 0.372 e. The molecule has 1 saturated heterocycles. The van der Waals surface area contributed by atoms with Gasteiger partial charge in [-0.25, -0.2) is 0 Å². The zero-order chi connectivity index (χ0) is 34.5. The van der Waals surface area contributed by atoms with Crippen LogP contribution in [0.4, 0.5) is 24.5 Å². The van der Waals surface area contributed by atoms with E-state index in [9.17, 15) is 22.8 Å². The SMILES string of the molecule is CC(=O)[C@H](Cc1ccccc1)N(C)C(CC1CCN(c2ccc(NC(=O)c3ccccc3-c3ccc(C(F)(F)F)cc3)cc2)CC1)=C1CC1. The summed E-state index contributed by atoms with van der Waals surface area (Å²) in [7, 11) is 2.10. The Kier molecular flexibility index (Phi) is 10.2. The predicted molar refractivity (Wildman–Crippen MR) is 189 cm³/mol. The highest BCUT2D eigenvalue weighted by molar-refractivity contribution is 6.08. The van der Waals surface area contributed by atoms with Crippen LogP contribution in [0.15, 0.2) is 114 Å². The Morgan fingerprint density at radius 2 is 1.49 bits per heavy atom. The quantitative estimate of drug-likeness (QED) is 0.174. The molecule has 5 nitrogen and oxygen atoms in total. The third-order valence-electron chi connectivity index (χ3n) is 9.82. The maximum atomic E-state index is 13.3. The molecule has 0 aromatic heterocycles. The Morgan fingerprint density at radius 1 is 0.857 bits per heavy atom. The van der Waals surface area contributed by atoms with E-state index < -0.39 is 11.7 Å². The van der Waals surface area contributed by atoms with Crippen molar-refractivity contribution in [1.82, 2.24) is 4.90 Å². The van der Waals surface area contributed by atoms with Crippen LogP contribution in [0.5, 0.6) is 0 Å². The summed E-state index contributed by atoms with van der Waals surface area (Å²) in [5.41, 5.74) is 6.52. The molecule has 0 bridgehead atoms. The number of anilines is 2. The molecule has 254 valence electrons. The molecule has 1 aliphatic carbocycles. The van der Waals surface area contributed by atoms with E-state index in [4.69, 9.17) is 0 Å². The topological polar surface area (TPSA) is 52.7 Å². The molecule has 0 spiro atoms. The molecular weight excluding hydrogens is 623 g/mol. The number of allylic oxidation sites excluding steroid dienone is 2. The fraction of sp³-hybridized carbons (Fsp3) is 0.317. The van der Waals surface area contributed by atoms with E-state index in [-0.39, 0.29) is 17.7 Å². The molecule has 1 atom stereocenters. The first-order valence-electron chi connectivity index (χ1n) is 17.0. The molecule has 6 rings (SSSR count). The zero-order valence-corrected chi connectivity index (χ0v) is 28.0. The third kappa shape index (κ3) is 8.42. The minimum Gasteiger partial charge on any atom is -0.372 e. The largest absolute Gasteiger partial charge is 0.416 e. The molecule has 1 amide bonds. The average Bonchev–Trinajstić information content (AvgIpc) is 3.96. The lowest BCUT2D eigenvalue weighted by molar-refractivity contribution is -0.137. The Bertz CT molecular complexity index is 1790. The number of nitrogens with one attached hydrogen (secondary N) is 1. The van der Waals surface area contributed by atoms with Crippen molar-refractivity contribution in [3.63, 3.8) is 0 Å². The van der Waals surface area contributed by atoms with E-state index in [1.165, 1.54) is 29.0 Å². The highest BCUT2D eigenvalue weighted by Crippen LogP contribution is 2.39. The number of Topliss-reactive ketones (excluding diaryl/α,β-unsaturated/α-hetero) is 1. The van der Waals surface area contributed by atoms with Gasteiger partial charge >= 0.3 is 6.18 Å². The number of rotatable bonds is 11. The number of carbonyl (C=O) groups excluding carboxylic acids is 2. The van der Waals surface area contributed by atoms with E-state index in [1.807, 2.05) is 42.5 Å². The number of halogens is 3. The molecule has 49 heavy (non-hydrogen) atoms. The van der Waals surface area contributed by atoms with Gasteiger partial charge in [0.25, 0.3) is 5.91 Å². The first-order chi connectivity index (χ1) is 23.6. The number of carbonyl (C=O) groups is 2. The minimum absolute atomic E-state index is 0.164. The molecule has 0 unspecified atom stereocenters. The Morgan fingerprint density at radius 3 is 2.10 bits per heavy atom. The molecule has 2 fully saturated rings. The van der Waals surface area contributed by atoms with Gasteiger partial charge in [-0.05, 0) is 111 Å². The summed E-state index contributed by atoms with van der Waals surface area (Å²) in [5.74, 6) is 0.419. The van der Waals surface area contributed by atoms with Crippen LogP contribution < -0.4 is 10.2 Å². The van der Waals surface area contributed by atoms with Gasteiger partial charge in [0.2, 0.25) is 0 Å². The van der Waals surface area contributed by atoms with Crippen LogP contribution in [0.3, 0.4) is 0 Å². The zero-order valence-electron chi connectivity index (χ0n) is 28.0. The second-order valence-corrected chi connectivity index (χ2v) is 13.2. The second kappa shape index (κ2) is 14.7. The molecule has 1 N–H and O–H groups in total. The maximum absolute atomic E-state index is 13.3. The van der Waals surface area contributed by atoms with E-state index in [1.54, 1.807) is 31.2 Å². The normalized spacial score (nSPS) is 15.4. The van der Waals surface area contributed by atoms with Crippen molar-refractivity contribution in [2.45, 2.75) is 57.7 Å². The molecule has 4 aromatic carbocycles. The predicted octanol–water partition coefficient (Wildman–Crippen LogP) is 9.41. The highest BCUT2D eigenvalue weighted by Gasteiger charge is 2.31. The lowest BCUT2D eigenvalue weighted by atomic mass is 9.90. The van der Waals surface area contributed by atoms with Gasteiger partial charge in [0.05, 0.1) is 11.6 Å². The second-order valence-electron chi connectivity index (χ2n) is 13.2. The van der Waals surface area contributed by atoms with Crippen LogP contribution in [-0.4, -0.2) is 42.8 Å². The number of alkyl halides is 3. The van der Waals surface area contributed by atoms with Gasteiger partial charge in [-0.1, -0.05) is 66.2 Å². The summed E-state index contributed by atoms with van der Waals surface area (Å²) in [5, 5.41) is 2.95. The fourth-order valence-electron chi connectivity index (χ4n) is 6.86. The van der Waals surface area contributed by atoms with Gasteiger partial charge in [-0.3, -0.25) is 9.59 Å². The summed E-state index contributed by atoms with van der Waals surface area (Å²) < 4.78 is 39.2. The highest BCUT2D eigenvalue weighted by atomic mass is 19.4. The van der Waals surface area contributed by atoms with Crippen molar-refractivity contribution >= 4 is 23.1 Å². The number of ketones is 1. The number of hydrogen-bond donors (Lipinski definition) is 1. The number of piperidine rings is 1. The summed E-state index contributed by atoms with van der Waals surface area (Å²) in [6.45, 7) is 3.57. The summed E-state index contributed by atoms with van der Waals surface area (Å²) >= 11 is 0. The number of hydrogen-bond acceptors (Lipinski definition) is 4. The van der Waals surface area contributed by atoms with Crippen LogP contribution in [0, 0.1) is 5.92 Å². The van der Waals surface area contributed by atoms with Crippen molar-refractivity contribution in [3.8, 4) is 11.1 Å². The summed E-state index contributed by atoms with van der Waals surface area (Å²) in [4.78, 5) is 30.7. The van der Waals surface area contributed by atoms with E-state index in [2.05, 4.69) is 34.3 Å². The standard InChI is InChI=1S/C41H42F3N3O2/c1-28(48)38(26-29-8-4-3-5-9-29)46(2)39(32-12-13-32)27-30-22-24-47(25-23-30)35-20-18-34(19-21-35)45-40(49)37-11-7-6-10-36(37)31-14-16-33(17-15-31)41(42,43)44/h3-11,14-21,30,38H,12-13,22-27H2,1-2H3,(H,45,49)/t38-/m0/s1. The Balaban J connectivity index is 1.05. The summed E-state index contributed by atoms with van der Waals surface area (Å²) in [6, 6.07) is 29.7. The molecular formula is C41H42F3N3O2. The number of nitrogens with zero attached hydrogens (tertiary/aromatic N) is 2. The molecule has 2 aliphatic rings. The monoisotopic (exact) mass is 665 g/mol. The minimum atomic E-state index is -4.42. The summed E-state index contributed by atoms with van der Waals surface area (Å²) in [6.07, 6.45) is 1.66. The first-order valence-corrected chi connectivity index (χ1v) is 17.0. The molecule has 4 aromatic rings. The van der Waals surface area contributed by atoms with Gasteiger partial charge in [-0.15, -0.1) is 0 Å². The van der Waals surface area contributed by atoms with Crippen molar-refractivity contribution in [1.29, 1.82) is 0 Å². The fourth-order valence-corrected chi connectivity index (χ4v) is 6.86. The van der Waals surface area contributed by atoms with Gasteiger partial charge < -0.3 is 15.1 Å². The van der Waals surface area contributed by atoms with Crippen molar-refractivity contribution in [2.24, 2.45) is 5.92 Å². The van der Waals surface area contributed by atoms with Gasteiger partial charge in [0.15, 0.2) is 5.78 Å². The molecule has 1 heterocycles. The van der Waals surface area contributed by atoms with Crippen molar-refractivity contribution in [3.05, 3.63) is 131 Å². The van der Waals surface area contributed by atoms with E-state index in [0.29, 0.717) is 34.7 Å². The van der Waals surface area contributed by atoms with Crippen LogP contribution in [0.1, 0.15) is 60.5 Å². The molecule has 8 heteroatoms. The van der Waals surface area contributed by atoms with Crippen molar-refractivity contribution in [2.75, 3.05) is 30.4 Å². The van der Waals surface area contributed by atoms with Crippen LogP contribution >= 0.6 is 0 Å². The van der Waals surface area contributed by atoms with Gasteiger partial charge in [0, 0.05) is 42.8 Å². The van der Waals surface area contributed by atoms with E-state index in [0.717, 1.165) is 63.0 Å². The molecule has 1 aliphatic heterocycles. The Hall–Kier alpha value is -4.85.